The van der Waals surface area contributed by atoms with E-state index in [-0.39, 0.29) is 6.61 Å². The van der Waals surface area contributed by atoms with Gasteiger partial charge >= 0.3 is 0 Å². The highest BCUT2D eigenvalue weighted by molar-refractivity contribution is 9.10. The summed E-state index contributed by atoms with van der Waals surface area (Å²) in [5, 5.41) is 0. The third kappa shape index (κ3) is 9.30. The van der Waals surface area contributed by atoms with E-state index in [4.69, 9.17) is 28.4 Å². The lowest BCUT2D eigenvalue weighted by Crippen LogP contribution is -2.61. The lowest BCUT2D eigenvalue weighted by molar-refractivity contribution is -0.323. The topological polar surface area (TPSA) is 55.4 Å². The van der Waals surface area contributed by atoms with Crippen LogP contribution < -0.4 is 0 Å². The predicted molar refractivity (Wildman–Crippen MR) is 172 cm³/mol. The summed E-state index contributed by atoms with van der Waals surface area (Å²) in [5.74, 6) is 0. The maximum atomic E-state index is 6.66. The number of ether oxygens (including phenoxy) is 6. The normalized spacial score (nSPS) is 22.0. The van der Waals surface area contributed by atoms with Crippen molar-refractivity contribution in [3.05, 3.63) is 140 Å². The molecular weight excluding hydrogens is 676 g/mol. The molecule has 1 heterocycles. The van der Waals surface area contributed by atoms with Crippen LogP contribution in [0.5, 0.6) is 0 Å². The van der Waals surface area contributed by atoms with Crippen LogP contribution in [0.25, 0.3) is 0 Å². The summed E-state index contributed by atoms with van der Waals surface area (Å²) in [6.07, 6.45) is -2.73. The maximum absolute atomic E-state index is 6.66. The summed E-state index contributed by atoms with van der Waals surface area (Å²) in [6, 6.07) is 36.2. The number of halogens is 2. The first-order valence-electron chi connectivity index (χ1n) is 14.3. The van der Waals surface area contributed by atoms with Gasteiger partial charge in [0.05, 0.1) is 33.0 Å². The van der Waals surface area contributed by atoms with E-state index in [1.54, 1.807) is 7.11 Å². The standard InChI is InChI=1S/C35H36Br2O6/c1-38-35-34(42-23-28-14-8-9-15-30(28)37)33(41-22-26-12-6-3-7-13-26)32(40-21-25-10-4-2-5-11-25)31(43-35)24-39-20-27-16-18-29(36)19-17-27/h2-19,31-35H,20-24H2,1H3/t31-,32-,33+,34-,35?/m1/s1. The molecule has 1 unspecified atom stereocenters. The minimum Gasteiger partial charge on any atom is -0.374 e. The second-order valence-electron chi connectivity index (χ2n) is 10.3. The van der Waals surface area contributed by atoms with Crippen molar-refractivity contribution >= 4 is 31.9 Å². The van der Waals surface area contributed by atoms with Crippen LogP contribution in [0.2, 0.25) is 0 Å². The lowest BCUT2D eigenvalue weighted by atomic mass is 9.97. The second kappa shape index (κ2) is 16.6. The Balaban J connectivity index is 1.39. The first-order chi connectivity index (χ1) is 21.1. The third-order valence-corrected chi connectivity index (χ3v) is 8.55. The van der Waals surface area contributed by atoms with Crippen molar-refractivity contribution in [2.45, 2.75) is 57.1 Å². The van der Waals surface area contributed by atoms with Gasteiger partial charge in [0, 0.05) is 16.1 Å². The van der Waals surface area contributed by atoms with E-state index in [2.05, 4.69) is 31.9 Å². The van der Waals surface area contributed by atoms with Crippen LogP contribution >= 0.6 is 31.9 Å². The minimum absolute atomic E-state index is 0.289. The highest BCUT2D eigenvalue weighted by Crippen LogP contribution is 2.32. The van der Waals surface area contributed by atoms with Crippen LogP contribution in [-0.4, -0.2) is 44.4 Å². The van der Waals surface area contributed by atoms with Crippen molar-refractivity contribution in [2.75, 3.05) is 13.7 Å². The van der Waals surface area contributed by atoms with Gasteiger partial charge in [-0.3, -0.25) is 0 Å². The van der Waals surface area contributed by atoms with Gasteiger partial charge in [-0.25, -0.2) is 0 Å². The fraction of sp³-hybridized carbons (Fsp3) is 0.314. The first-order valence-corrected chi connectivity index (χ1v) is 15.9. The molecule has 1 aliphatic rings. The Morgan fingerprint density at radius 3 is 1.77 bits per heavy atom. The Bertz CT molecular complexity index is 1370. The van der Waals surface area contributed by atoms with Crippen LogP contribution in [0.3, 0.4) is 0 Å². The first kappa shape index (κ1) is 32.0. The molecule has 5 atom stereocenters. The van der Waals surface area contributed by atoms with Crippen LogP contribution in [0.1, 0.15) is 22.3 Å². The zero-order valence-corrected chi connectivity index (χ0v) is 27.2. The Kier molecular flexibility index (Phi) is 12.4. The van der Waals surface area contributed by atoms with Gasteiger partial charge in [0.15, 0.2) is 6.29 Å². The smallest absolute Gasteiger partial charge is 0.186 e. The molecule has 0 aliphatic carbocycles. The summed E-state index contributed by atoms with van der Waals surface area (Å²) in [4.78, 5) is 0. The zero-order valence-electron chi connectivity index (χ0n) is 24.0. The largest absolute Gasteiger partial charge is 0.374 e. The van der Waals surface area contributed by atoms with Crippen molar-refractivity contribution < 1.29 is 28.4 Å². The molecule has 0 spiro atoms. The summed E-state index contributed by atoms with van der Waals surface area (Å²) in [5.41, 5.74) is 4.19. The molecule has 4 aromatic rings. The molecule has 43 heavy (non-hydrogen) atoms. The van der Waals surface area contributed by atoms with Gasteiger partial charge in [0.25, 0.3) is 0 Å². The Hall–Kier alpha value is -2.40. The Morgan fingerprint density at radius 1 is 0.581 bits per heavy atom. The number of hydrogen-bond acceptors (Lipinski definition) is 6. The molecule has 1 aliphatic heterocycles. The molecule has 6 nitrogen and oxygen atoms in total. The zero-order chi connectivity index (χ0) is 29.9. The van der Waals surface area contributed by atoms with E-state index in [0.29, 0.717) is 26.4 Å². The Labute approximate surface area is 270 Å². The van der Waals surface area contributed by atoms with Crippen LogP contribution in [0.4, 0.5) is 0 Å². The van der Waals surface area contributed by atoms with Gasteiger partial charge in [-0.15, -0.1) is 0 Å². The van der Waals surface area contributed by atoms with Gasteiger partial charge in [-0.1, -0.05) is 123 Å². The minimum atomic E-state index is -0.693. The summed E-state index contributed by atoms with van der Waals surface area (Å²) in [6.45, 7) is 1.84. The average Bonchev–Trinajstić information content (AvgIpc) is 3.04. The molecular formula is C35H36Br2O6. The highest BCUT2D eigenvalue weighted by atomic mass is 79.9. The number of benzene rings is 4. The van der Waals surface area contributed by atoms with Gasteiger partial charge in [-0.2, -0.15) is 0 Å². The quantitative estimate of drug-likeness (QED) is 0.133. The third-order valence-electron chi connectivity index (χ3n) is 7.25. The van der Waals surface area contributed by atoms with E-state index < -0.39 is 30.7 Å². The molecule has 4 aromatic carbocycles. The SMILES string of the molecule is COC1O[C@H](COCc2ccc(Br)cc2)[C@@H](OCc2ccccc2)[C@H](OCc2ccccc2)[C@H]1OCc1ccccc1Br. The molecule has 0 saturated carbocycles. The van der Waals surface area contributed by atoms with Crippen molar-refractivity contribution in [3.8, 4) is 0 Å². The molecule has 1 saturated heterocycles. The van der Waals surface area contributed by atoms with Crippen molar-refractivity contribution in [3.63, 3.8) is 0 Å². The van der Waals surface area contributed by atoms with E-state index in [0.717, 1.165) is 31.2 Å². The van der Waals surface area contributed by atoms with Crippen molar-refractivity contribution in [1.82, 2.24) is 0 Å². The second-order valence-corrected chi connectivity index (χ2v) is 12.1. The average molecular weight is 712 g/mol. The van der Waals surface area contributed by atoms with Gasteiger partial charge in [0.1, 0.15) is 24.4 Å². The van der Waals surface area contributed by atoms with E-state index in [9.17, 15) is 0 Å². The number of hydrogen-bond donors (Lipinski definition) is 0. The van der Waals surface area contributed by atoms with Gasteiger partial charge in [-0.05, 0) is 40.5 Å². The molecule has 226 valence electrons. The van der Waals surface area contributed by atoms with E-state index in [1.807, 2.05) is 109 Å². The molecule has 0 N–H and O–H groups in total. The van der Waals surface area contributed by atoms with E-state index in [1.165, 1.54) is 0 Å². The monoisotopic (exact) mass is 710 g/mol. The maximum Gasteiger partial charge on any atom is 0.186 e. The van der Waals surface area contributed by atoms with Crippen molar-refractivity contribution in [1.29, 1.82) is 0 Å². The summed E-state index contributed by atoms with van der Waals surface area (Å²) in [7, 11) is 1.62. The van der Waals surface area contributed by atoms with E-state index >= 15 is 0 Å². The number of methoxy groups -OCH3 is 1. The highest BCUT2D eigenvalue weighted by Gasteiger charge is 2.48. The molecule has 0 bridgehead atoms. The van der Waals surface area contributed by atoms with Crippen LogP contribution in [0.15, 0.2) is 118 Å². The fourth-order valence-corrected chi connectivity index (χ4v) is 5.64. The predicted octanol–water partition coefficient (Wildman–Crippen LogP) is 7.86. The molecule has 0 radical (unpaired) electrons. The molecule has 0 aromatic heterocycles. The molecule has 1 fully saturated rings. The Morgan fingerprint density at radius 2 is 1.14 bits per heavy atom. The lowest BCUT2D eigenvalue weighted by Gasteiger charge is -2.45. The van der Waals surface area contributed by atoms with Gasteiger partial charge in [0.2, 0.25) is 0 Å². The molecule has 5 rings (SSSR count). The summed E-state index contributed by atoms with van der Waals surface area (Å²) < 4.78 is 40.4. The molecule has 8 heteroatoms. The summed E-state index contributed by atoms with van der Waals surface area (Å²) >= 11 is 7.13. The molecule has 0 amide bonds. The van der Waals surface area contributed by atoms with Crippen molar-refractivity contribution in [2.24, 2.45) is 0 Å². The fourth-order valence-electron chi connectivity index (χ4n) is 4.98. The van der Waals surface area contributed by atoms with Crippen LogP contribution in [-0.2, 0) is 54.8 Å². The van der Waals surface area contributed by atoms with Crippen LogP contribution in [0, 0.1) is 0 Å². The number of rotatable bonds is 14. The van der Waals surface area contributed by atoms with Gasteiger partial charge < -0.3 is 28.4 Å².